The molecule has 0 unspecified atom stereocenters. The van der Waals surface area contributed by atoms with E-state index in [9.17, 15) is 0 Å². The Labute approximate surface area is 44.9 Å². The van der Waals surface area contributed by atoms with Gasteiger partial charge in [0.1, 0.15) is 0 Å². The first kappa shape index (κ1) is 6.28. The molecule has 0 bridgehead atoms. The van der Waals surface area contributed by atoms with Crippen molar-refractivity contribution in [3.63, 3.8) is 0 Å². The summed E-state index contributed by atoms with van der Waals surface area (Å²) < 4.78 is 0. The average molecular weight is 97.2 g/mol. The van der Waals surface area contributed by atoms with E-state index in [2.05, 4.69) is 6.58 Å². The van der Waals surface area contributed by atoms with Crippen LogP contribution < -0.4 is 0 Å². The lowest BCUT2D eigenvalue weighted by atomic mass is 10.6. The van der Waals surface area contributed by atoms with Crippen molar-refractivity contribution < 1.29 is 0 Å². The Morgan fingerprint density at radius 2 is 2.00 bits per heavy atom. The topological polar surface area (TPSA) is 3.24 Å². The highest BCUT2D eigenvalue weighted by atomic mass is 15.0. The Morgan fingerprint density at radius 3 is 2.14 bits per heavy atom. The summed E-state index contributed by atoms with van der Waals surface area (Å²) in [5.74, 6) is 0. The molecule has 0 spiro atoms. The number of rotatable bonds is 2. The molecule has 0 aliphatic heterocycles. The monoisotopic (exact) mass is 97.1 g/mol. The molecule has 1 heteroatoms. The molecule has 0 fully saturated rings. The van der Waals surface area contributed by atoms with Gasteiger partial charge in [-0.1, -0.05) is 12.7 Å². The minimum atomic E-state index is 1.75. The first-order valence-electron chi connectivity index (χ1n) is 2.23. The van der Waals surface area contributed by atoms with Crippen LogP contribution in [0, 0.1) is 0 Å². The highest BCUT2D eigenvalue weighted by Crippen LogP contribution is 1.75. The Balaban J connectivity index is 3.25. The number of hydrogen-bond donors (Lipinski definition) is 0. The molecule has 0 aliphatic rings. The van der Waals surface area contributed by atoms with Gasteiger partial charge in [-0.25, -0.2) is 0 Å². The fourth-order valence-corrected chi connectivity index (χ4v) is 0.233. The third-order valence-electron chi connectivity index (χ3n) is 0.520. The third-order valence-corrected chi connectivity index (χ3v) is 0.520. The molecule has 7 heavy (non-hydrogen) atoms. The second-order valence-electron chi connectivity index (χ2n) is 1.54. The van der Waals surface area contributed by atoms with Gasteiger partial charge in [-0.3, -0.25) is 0 Å². The molecule has 0 radical (unpaired) electrons. The van der Waals surface area contributed by atoms with Crippen LogP contribution in [0.1, 0.15) is 0 Å². The van der Waals surface area contributed by atoms with Gasteiger partial charge in [-0.15, -0.1) is 0 Å². The standard InChI is InChI=1S/C6H11N/c1-4-5-6-7(2)3/h4-6H,1H2,2-3H3/b6-5+. The predicted octanol–water partition coefficient (Wildman–Crippen LogP) is 1.25. The van der Waals surface area contributed by atoms with E-state index in [1.165, 1.54) is 0 Å². The fraction of sp³-hybridized carbons (Fsp3) is 0.333. The highest BCUT2D eigenvalue weighted by molar-refractivity contribution is 4.95. The number of nitrogens with zero attached hydrogens (tertiary/aromatic N) is 1. The molecule has 0 aromatic rings. The smallest absolute Gasteiger partial charge is 0.00556 e. The molecular formula is C6H11N. The Kier molecular flexibility index (Phi) is 3.11. The largest absolute Gasteiger partial charge is 0.383 e. The van der Waals surface area contributed by atoms with Crippen LogP contribution in [0.3, 0.4) is 0 Å². The lowest BCUT2D eigenvalue weighted by molar-refractivity contribution is 0.564. The van der Waals surface area contributed by atoms with Crippen LogP contribution in [0.5, 0.6) is 0 Å². The van der Waals surface area contributed by atoms with Crippen molar-refractivity contribution in [2.75, 3.05) is 14.1 Å². The molecule has 0 rings (SSSR count). The van der Waals surface area contributed by atoms with Crippen LogP contribution in [0.2, 0.25) is 0 Å². The summed E-state index contributed by atoms with van der Waals surface area (Å²) in [5.41, 5.74) is 0. The van der Waals surface area contributed by atoms with Crippen LogP contribution in [0.25, 0.3) is 0 Å². The van der Waals surface area contributed by atoms with Crippen molar-refractivity contribution in [3.05, 3.63) is 24.9 Å². The van der Waals surface area contributed by atoms with Crippen molar-refractivity contribution in [2.45, 2.75) is 0 Å². The van der Waals surface area contributed by atoms with E-state index in [0.29, 0.717) is 0 Å². The minimum absolute atomic E-state index is 1.75. The van der Waals surface area contributed by atoms with Gasteiger partial charge in [0.25, 0.3) is 0 Å². The molecule has 0 aromatic heterocycles. The zero-order valence-electron chi connectivity index (χ0n) is 4.89. The van der Waals surface area contributed by atoms with Crippen LogP contribution >= 0.6 is 0 Å². The summed E-state index contributed by atoms with van der Waals surface area (Å²) in [5, 5.41) is 0. The van der Waals surface area contributed by atoms with E-state index in [4.69, 9.17) is 0 Å². The summed E-state index contributed by atoms with van der Waals surface area (Å²) in [6.45, 7) is 3.52. The van der Waals surface area contributed by atoms with Gasteiger partial charge >= 0.3 is 0 Å². The van der Waals surface area contributed by atoms with Gasteiger partial charge in [0.05, 0.1) is 0 Å². The molecule has 0 heterocycles. The van der Waals surface area contributed by atoms with Crippen molar-refractivity contribution in [1.29, 1.82) is 0 Å². The summed E-state index contributed by atoms with van der Waals surface area (Å²) in [7, 11) is 3.94. The lowest BCUT2D eigenvalue weighted by Gasteiger charge is -2.00. The normalized spacial score (nSPS) is 9.43. The van der Waals surface area contributed by atoms with E-state index in [1.807, 2.05) is 31.3 Å². The summed E-state index contributed by atoms with van der Waals surface area (Å²) in [6.07, 6.45) is 5.58. The van der Waals surface area contributed by atoms with Crippen molar-refractivity contribution >= 4 is 0 Å². The van der Waals surface area contributed by atoms with Crippen LogP contribution in [-0.2, 0) is 0 Å². The maximum atomic E-state index is 3.52. The molecule has 0 saturated carbocycles. The van der Waals surface area contributed by atoms with Crippen molar-refractivity contribution in [2.24, 2.45) is 0 Å². The minimum Gasteiger partial charge on any atom is -0.383 e. The van der Waals surface area contributed by atoms with Crippen LogP contribution in [0.15, 0.2) is 24.9 Å². The Hall–Kier alpha value is -0.720. The summed E-state index contributed by atoms with van der Waals surface area (Å²) in [4.78, 5) is 1.96. The summed E-state index contributed by atoms with van der Waals surface area (Å²) >= 11 is 0. The maximum Gasteiger partial charge on any atom is 0.00556 e. The maximum absolute atomic E-state index is 3.52. The van der Waals surface area contributed by atoms with Gasteiger partial charge in [0.2, 0.25) is 0 Å². The Bertz CT molecular complexity index is 72.2. The molecule has 0 aromatic carbocycles. The van der Waals surface area contributed by atoms with Crippen molar-refractivity contribution in [1.82, 2.24) is 4.90 Å². The van der Waals surface area contributed by atoms with E-state index in [-0.39, 0.29) is 0 Å². The third kappa shape index (κ3) is 5.28. The van der Waals surface area contributed by atoms with E-state index < -0.39 is 0 Å². The molecular weight excluding hydrogens is 86.1 g/mol. The first-order chi connectivity index (χ1) is 3.27. The molecule has 0 N–H and O–H groups in total. The summed E-state index contributed by atoms with van der Waals surface area (Å²) in [6, 6.07) is 0. The van der Waals surface area contributed by atoms with Gasteiger partial charge in [0.15, 0.2) is 0 Å². The van der Waals surface area contributed by atoms with Gasteiger partial charge in [-0.2, -0.15) is 0 Å². The van der Waals surface area contributed by atoms with Crippen LogP contribution in [0.4, 0.5) is 0 Å². The number of allylic oxidation sites excluding steroid dienone is 2. The van der Waals surface area contributed by atoms with E-state index >= 15 is 0 Å². The molecule has 0 atom stereocenters. The molecule has 1 nitrogen and oxygen atoms in total. The zero-order valence-corrected chi connectivity index (χ0v) is 4.89. The molecule has 40 valence electrons. The van der Waals surface area contributed by atoms with Gasteiger partial charge in [0, 0.05) is 14.1 Å². The van der Waals surface area contributed by atoms with Gasteiger partial charge < -0.3 is 4.90 Å². The molecule has 0 amide bonds. The second-order valence-corrected chi connectivity index (χ2v) is 1.54. The van der Waals surface area contributed by atoms with Crippen LogP contribution in [-0.4, -0.2) is 19.0 Å². The fourth-order valence-electron chi connectivity index (χ4n) is 0.233. The van der Waals surface area contributed by atoms with Crippen molar-refractivity contribution in [3.8, 4) is 0 Å². The van der Waals surface area contributed by atoms with E-state index in [0.717, 1.165) is 0 Å². The van der Waals surface area contributed by atoms with Gasteiger partial charge in [-0.05, 0) is 12.3 Å². The van der Waals surface area contributed by atoms with E-state index in [1.54, 1.807) is 6.08 Å². The predicted molar refractivity (Wildman–Crippen MR) is 33.0 cm³/mol. The first-order valence-corrected chi connectivity index (χ1v) is 2.23. The second kappa shape index (κ2) is 3.47. The lowest BCUT2D eigenvalue weighted by Crippen LogP contribution is -1.99. The highest BCUT2D eigenvalue weighted by Gasteiger charge is 1.67. The SMILES string of the molecule is C=C/C=C/N(C)C. The molecule has 0 aliphatic carbocycles. The zero-order chi connectivity index (χ0) is 5.70. The quantitative estimate of drug-likeness (QED) is 0.469. The molecule has 0 saturated heterocycles. The Morgan fingerprint density at radius 1 is 1.43 bits per heavy atom. The number of hydrogen-bond acceptors (Lipinski definition) is 1. The average Bonchev–Trinajstić information content (AvgIpc) is 1.61.